The van der Waals surface area contributed by atoms with E-state index >= 15 is 0 Å². The van der Waals surface area contributed by atoms with Crippen molar-refractivity contribution in [3.63, 3.8) is 0 Å². The summed E-state index contributed by atoms with van der Waals surface area (Å²) in [6.07, 6.45) is 8.26. The first-order chi connectivity index (χ1) is 20.6. The van der Waals surface area contributed by atoms with Crippen molar-refractivity contribution in [3.05, 3.63) is 151 Å². The van der Waals surface area contributed by atoms with Crippen LogP contribution in [0.5, 0.6) is 0 Å². The standard InChI is InChI=1S/C17H17.C13H10.C11H17.2ClH.Zr/c1-3-12-5-7-16-14(9-12)11-15-10-13(4-2)6-8-17(15)16;1-3-7-12(8-4-1)11-13-9-5-2-6-10-13;1-4-9-7-10(5-2)11(6-3)8-9;;;/h5-11H,3-4H2,1-2H3;1-10H;7,9H,4-6H2,1-3H3;2*1H;/q;;;;;+2/p-2. The first kappa shape index (κ1) is 34.6. The van der Waals surface area contributed by atoms with Crippen LogP contribution in [0.4, 0.5) is 0 Å². The summed E-state index contributed by atoms with van der Waals surface area (Å²) in [5.74, 6) is 0.544. The number of aryl methyl sites for hydroxylation is 2. The minimum atomic E-state index is -2.79. The molecule has 1 atom stereocenters. The number of fused-ring (bicyclic) bond motifs is 3. The quantitative estimate of drug-likeness (QED) is 0.236. The van der Waals surface area contributed by atoms with Gasteiger partial charge in [0.15, 0.2) is 0 Å². The molecule has 0 spiro atoms. The zero-order chi connectivity index (χ0) is 29.2. The molecular weight excluding hydrogens is 655 g/mol. The smallest absolute Gasteiger partial charge is 1.00 e. The van der Waals surface area contributed by atoms with E-state index in [2.05, 4.69) is 138 Å². The summed E-state index contributed by atoms with van der Waals surface area (Å²) < 4.78 is 3.98. The Labute approximate surface area is 285 Å². The van der Waals surface area contributed by atoms with Crippen molar-refractivity contribution < 1.29 is 46.1 Å². The number of benzene rings is 4. The van der Waals surface area contributed by atoms with Crippen LogP contribution in [0.2, 0.25) is 0 Å². The van der Waals surface area contributed by atoms with E-state index in [4.69, 9.17) is 0 Å². The van der Waals surface area contributed by atoms with Gasteiger partial charge in [-0.3, -0.25) is 0 Å². The maximum atomic E-state index is 2.67. The Morgan fingerprint density at radius 3 is 1.50 bits per heavy atom. The number of halogens is 2. The summed E-state index contributed by atoms with van der Waals surface area (Å²) >= 11 is -2.79. The molecule has 0 amide bonds. The van der Waals surface area contributed by atoms with Crippen LogP contribution in [0.1, 0.15) is 90.9 Å². The van der Waals surface area contributed by atoms with Crippen LogP contribution in [-0.2, 0) is 34.1 Å². The Bertz CT molecular complexity index is 1600. The molecule has 2 aliphatic rings. The van der Waals surface area contributed by atoms with Gasteiger partial charge in [0.05, 0.1) is 0 Å². The Hall–Kier alpha value is -2.31. The van der Waals surface area contributed by atoms with E-state index in [1.54, 1.807) is 25.5 Å². The van der Waals surface area contributed by atoms with Gasteiger partial charge in [0.2, 0.25) is 0 Å². The fourth-order valence-corrected chi connectivity index (χ4v) is 18.0. The number of allylic oxidation sites excluding steroid dienone is 4. The molecule has 1 unspecified atom stereocenters. The minimum Gasteiger partial charge on any atom is -1.00 e. The molecule has 0 saturated heterocycles. The second-order valence-electron chi connectivity index (χ2n) is 11.8. The summed E-state index contributed by atoms with van der Waals surface area (Å²) in [6, 6.07) is 37.7. The molecule has 226 valence electrons. The van der Waals surface area contributed by atoms with Crippen LogP contribution in [-0.4, -0.2) is 3.21 Å². The largest absolute Gasteiger partial charge is 1.00 e. The van der Waals surface area contributed by atoms with Gasteiger partial charge in [-0.25, -0.2) is 0 Å². The van der Waals surface area contributed by atoms with Crippen LogP contribution >= 0.6 is 0 Å². The Morgan fingerprint density at radius 2 is 1.09 bits per heavy atom. The van der Waals surface area contributed by atoms with Gasteiger partial charge in [0.1, 0.15) is 0 Å². The van der Waals surface area contributed by atoms with Crippen LogP contribution in [0.25, 0.3) is 11.1 Å². The second kappa shape index (κ2) is 15.3. The van der Waals surface area contributed by atoms with Crippen molar-refractivity contribution in [1.29, 1.82) is 0 Å². The van der Waals surface area contributed by atoms with Crippen LogP contribution in [0.15, 0.2) is 118 Å². The average molecular weight is 699 g/mol. The van der Waals surface area contributed by atoms with E-state index < -0.39 is 21.3 Å². The van der Waals surface area contributed by atoms with E-state index in [9.17, 15) is 0 Å². The summed E-state index contributed by atoms with van der Waals surface area (Å²) in [7, 11) is 0. The SMILES string of the molecule is CCC1=CC(CC)[C]([Zr+2](=[C](c2ccccc2)c2ccccc2)[CH]2c3cc(CC)ccc3-c3ccc(CC)cc32)=C1CC.[Cl-].[Cl-]. The van der Waals surface area contributed by atoms with Crippen molar-refractivity contribution >= 4 is 3.21 Å². The predicted octanol–water partition coefficient (Wildman–Crippen LogP) is 4.82. The molecule has 0 heterocycles. The van der Waals surface area contributed by atoms with Crippen LogP contribution < -0.4 is 24.8 Å². The van der Waals surface area contributed by atoms with Crippen molar-refractivity contribution in [2.75, 3.05) is 0 Å². The zero-order valence-electron chi connectivity index (χ0n) is 26.8. The molecule has 4 aromatic rings. The van der Waals surface area contributed by atoms with Gasteiger partial charge < -0.3 is 24.8 Å². The molecule has 3 heteroatoms. The fourth-order valence-electron chi connectivity index (χ4n) is 7.49. The molecule has 44 heavy (non-hydrogen) atoms. The third-order valence-electron chi connectivity index (χ3n) is 9.59. The molecule has 4 aromatic carbocycles. The monoisotopic (exact) mass is 696 g/mol. The van der Waals surface area contributed by atoms with E-state index in [-0.39, 0.29) is 24.8 Å². The van der Waals surface area contributed by atoms with E-state index in [0.717, 1.165) is 25.7 Å². The number of hydrogen-bond acceptors (Lipinski definition) is 0. The molecule has 0 aromatic heterocycles. The topological polar surface area (TPSA) is 0 Å². The summed E-state index contributed by atoms with van der Waals surface area (Å²) in [5.41, 5.74) is 15.2. The van der Waals surface area contributed by atoms with Crippen molar-refractivity contribution in [3.8, 4) is 11.1 Å². The van der Waals surface area contributed by atoms with E-state index in [1.165, 1.54) is 39.8 Å². The molecule has 0 saturated carbocycles. The van der Waals surface area contributed by atoms with E-state index in [1.807, 2.05) is 3.28 Å². The number of rotatable bonds is 9. The fraction of sp³-hybridized carbons (Fsp3) is 0.293. The van der Waals surface area contributed by atoms with Crippen LogP contribution in [0, 0.1) is 5.92 Å². The van der Waals surface area contributed by atoms with Gasteiger partial charge in [-0.15, -0.1) is 0 Å². The molecular formula is C41H44Cl2Zr. The zero-order valence-corrected chi connectivity index (χ0v) is 30.7. The molecule has 6 rings (SSSR count). The Kier molecular flexibility index (Phi) is 12.0. The third-order valence-corrected chi connectivity index (χ3v) is 18.4. The molecule has 2 aliphatic carbocycles. The first-order valence-corrected chi connectivity index (χ1v) is 20.1. The minimum absolute atomic E-state index is 0. The van der Waals surface area contributed by atoms with Gasteiger partial charge in [-0.05, 0) is 0 Å². The summed E-state index contributed by atoms with van der Waals surface area (Å²) in [4.78, 5) is 0. The first-order valence-electron chi connectivity index (χ1n) is 16.2. The predicted molar refractivity (Wildman–Crippen MR) is 178 cm³/mol. The van der Waals surface area contributed by atoms with Gasteiger partial charge in [0.25, 0.3) is 0 Å². The van der Waals surface area contributed by atoms with Gasteiger partial charge in [-0.1, -0.05) is 0 Å². The Balaban J connectivity index is 0.00000221. The van der Waals surface area contributed by atoms with Crippen LogP contribution in [0.3, 0.4) is 0 Å². The summed E-state index contributed by atoms with van der Waals surface area (Å²) in [6.45, 7) is 11.8. The number of hydrogen-bond donors (Lipinski definition) is 0. The second-order valence-corrected chi connectivity index (χ2v) is 17.8. The van der Waals surface area contributed by atoms with Gasteiger partial charge in [0, 0.05) is 0 Å². The molecule has 0 aliphatic heterocycles. The molecule has 0 radical (unpaired) electrons. The molecule has 0 fully saturated rings. The van der Waals surface area contributed by atoms with Crippen molar-refractivity contribution in [2.24, 2.45) is 5.92 Å². The average Bonchev–Trinajstić information content (AvgIpc) is 3.58. The van der Waals surface area contributed by atoms with Gasteiger partial charge in [-0.2, -0.15) is 0 Å². The normalized spacial score (nSPS) is 15.0. The maximum Gasteiger partial charge on any atom is -1.00 e. The van der Waals surface area contributed by atoms with E-state index in [0.29, 0.717) is 9.54 Å². The Morgan fingerprint density at radius 1 is 0.591 bits per heavy atom. The third kappa shape index (κ3) is 6.23. The molecule has 0 nitrogen and oxygen atoms in total. The maximum absolute atomic E-state index is 2.79. The van der Waals surface area contributed by atoms with Crippen molar-refractivity contribution in [2.45, 2.75) is 70.3 Å². The molecule has 0 bridgehead atoms. The van der Waals surface area contributed by atoms with Gasteiger partial charge >= 0.3 is 263 Å². The van der Waals surface area contributed by atoms with Crippen molar-refractivity contribution in [1.82, 2.24) is 0 Å². The summed E-state index contributed by atoms with van der Waals surface area (Å²) in [5, 5.41) is 0. The molecule has 0 N–H and O–H groups in total.